The Morgan fingerprint density at radius 2 is 2.05 bits per heavy atom. The summed E-state index contributed by atoms with van der Waals surface area (Å²) in [6.07, 6.45) is 3.10. The first-order valence-electron chi connectivity index (χ1n) is 6.75. The van der Waals surface area contributed by atoms with Gasteiger partial charge in [0.1, 0.15) is 5.82 Å². The van der Waals surface area contributed by atoms with E-state index in [9.17, 15) is 5.11 Å². The second kappa shape index (κ2) is 5.68. The van der Waals surface area contributed by atoms with E-state index in [2.05, 4.69) is 26.2 Å². The van der Waals surface area contributed by atoms with Crippen LogP contribution in [0.25, 0.3) is 10.8 Å². The van der Waals surface area contributed by atoms with Gasteiger partial charge in [0, 0.05) is 54.0 Å². The molecule has 1 aliphatic heterocycles. The number of anilines is 1. The molecule has 4 nitrogen and oxygen atoms in total. The largest absolute Gasteiger partial charge is 0.388 e. The lowest BCUT2D eigenvalue weighted by Gasteiger charge is -2.32. The van der Waals surface area contributed by atoms with Crippen LogP contribution in [-0.4, -0.2) is 35.5 Å². The number of fused-ring (bicyclic) bond motifs is 1. The van der Waals surface area contributed by atoms with Crippen molar-refractivity contribution >= 4 is 32.5 Å². The molecule has 1 aromatic heterocycles. The Balaban J connectivity index is 1.82. The molecule has 1 saturated heterocycles. The molecule has 0 radical (unpaired) electrons. The molecule has 5 heteroatoms. The van der Waals surface area contributed by atoms with Crippen LogP contribution in [0, 0.1) is 0 Å². The lowest BCUT2D eigenvalue weighted by Crippen LogP contribution is -2.42. The van der Waals surface area contributed by atoms with Crippen LogP contribution in [0.15, 0.2) is 34.9 Å². The molecule has 0 aliphatic carbocycles. The third kappa shape index (κ3) is 2.80. The van der Waals surface area contributed by atoms with Gasteiger partial charge in [0.25, 0.3) is 0 Å². The van der Waals surface area contributed by atoms with Crippen LogP contribution >= 0.6 is 15.9 Å². The fraction of sp³-hybridized carbons (Fsp3) is 0.400. The summed E-state index contributed by atoms with van der Waals surface area (Å²) in [6.45, 7) is 1.73. The number of aliphatic hydroxyl groups is 1. The zero-order chi connectivity index (χ0) is 14.0. The van der Waals surface area contributed by atoms with Gasteiger partial charge in [-0.25, -0.2) is 4.98 Å². The van der Waals surface area contributed by atoms with E-state index in [1.807, 2.05) is 24.3 Å². The molecule has 0 spiro atoms. The van der Waals surface area contributed by atoms with Gasteiger partial charge >= 0.3 is 0 Å². The maximum absolute atomic E-state index is 10.5. The van der Waals surface area contributed by atoms with Crippen LogP contribution in [0.2, 0.25) is 0 Å². The third-order valence-corrected chi connectivity index (χ3v) is 4.45. The topological polar surface area (TPSA) is 54.4 Å². The highest BCUT2D eigenvalue weighted by molar-refractivity contribution is 9.10. The monoisotopic (exact) mass is 336 g/mol. The molecule has 0 bridgehead atoms. The number of halogens is 1. The summed E-state index contributed by atoms with van der Waals surface area (Å²) in [5.74, 6) is 0.809. The fourth-order valence-corrected chi connectivity index (χ4v) is 2.98. The number of hydrogen-bond acceptors (Lipinski definition) is 4. The average molecular weight is 337 g/mol. The first-order chi connectivity index (χ1) is 9.68. The van der Waals surface area contributed by atoms with E-state index in [0.717, 1.165) is 21.1 Å². The Kier molecular flexibility index (Phi) is 3.92. The Morgan fingerprint density at radius 3 is 2.85 bits per heavy atom. The first-order valence-corrected chi connectivity index (χ1v) is 7.54. The summed E-state index contributed by atoms with van der Waals surface area (Å²) >= 11 is 3.55. The SMILES string of the molecule is OC1(CNc2nccc3c(Br)cccc23)CCOCC1. The third-order valence-electron chi connectivity index (χ3n) is 3.76. The van der Waals surface area contributed by atoms with Crippen molar-refractivity contribution in [3.63, 3.8) is 0 Å². The lowest BCUT2D eigenvalue weighted by atomic mass is 9.94. The highest BCUT2D eigenvalue weighted by atomic mass is 79.9. The van der Waals surface area contributed by atoms with Crippen molar-refractivity contribution in [1.82, 2.24) is 4.98 Å². The predicted molar refractivity (Wildman–Crippen MR) is 82.9 cm³/mol. The molecule has 106 valence electrons. The van der Waals surface area contributed by atoms with Gasteiger partial charge in [0.2, 0.25) is 0 Å². The van der Waals surface area contributed by atoms with Crippen LogP contribution in [0.4, 0.5) is 5.82 Å². The Morgan fingerprint density at radius 1 is 1.25 bits per heavy atom. The van der Waals surface area contributed by atoms with Crippen molar-refractivity contribution < 1.29 is 9.84 Å². The molecule has 2 aromatic rings. The second-order valence-corrected chi connectivity index (χ2v) is 6.04. The van der Waals surface area contributed by atoms with Gasteiger partial charge < -0.3 is 15.2 Å². The van der Waals surface area contributed by atoms with E-state index in [0.29, 0.717) is 32.6 Å². The van der Waals surface area contributed by atoms with Gasteiger partial charge in [-0.1, -0.05) is 28.1 Å². The molecule has 2 heterocycles. The van der Waals surface area contributed by atoms with E-state index in [4.69, 9.17) is 4.74 Å². The number of nitrogens with one attached hydrogen (secondary N) is 1. The zero-order valence-corrected chi connectivity index (χ0v) is 12.7. The van der Waals surface area contributed by atoms with Gasteiger partial charge in [-0.05, 0) is 12.1 Å². The lowest BCUT2D eigenvalue weighted by molar-refractivity contribution is -0.0543. The quantitative estimate of drug-likeness (QED) is 0.904. The van der Waals surface area contributed by atoms with Gasteiger partial charge in [-0.3, -0.25) is 0 Å². The summed E-state index contributed by atoms with van der Waals surface area (Å²) in [5, 5.41) is 15.9. The normalized spacial score (nSPS) is 18.1. The minimum atomic E-state index is -0.700. The molecule has 20 heavy (non-hydrogen) atoms. The van der Waals surface area contributed by atoms with E-state index in [1.165, 1.54) is 0 Å². The van der Waals surface area contributed by atoms with Crippen molar-refractivity contribution in [1.29, 1.82) is 0 Å². The molecule has 0 saturated carbocycles. The number of rotatable bonds is 3. The van der Waals surface area contributed by atoms with Crippen molar-refractivity contribution in [2.45, 2.75) is 18.4 Å². The van der Waals surface area contributed by atoms with Crippen molar-refractivity contribution in [3.05, 3.63) is 34.9 Å². The molecular weight excluding hydrogens is 320 g/mol. The van der Waals surface area contributed by atoms with Crippen molar-refractivity contribution in [2.24, 2.45) is 0 Å². The predicted octanol–water partition coefficient (Wildman–Crippen LogP) is 2.95. The molecule has 2 N–H and O–H groups in total. The summed E-state index contributed by atoms with van der Waals surface area (Å²) in [5.41, 5.74) is -0.700. The molecule has 3 rings (SSSR count). The van der Waals surface area contributed by atoms with Crippen molar-refractivity contribution in [2.75, 3.05) is 25.1 Å². The Labute approximate surface area is 126 Å². The number of nitrogens with zero attached hydrogens (tertiary/aromatic N) is 1. The smallest absolute Gasteiger partial charge is 0.133 e. The van der Waals surface area contributed by atoms with Crippen LogP contribution in [0.3, 0.4) is 0 Å². The maximum atomic E-state index is 10.5. The second-order valence-electron chi connectivity index (χ2n) is 5.18. The molecular formula is C15H17BrN2O2. The molecule has 0 amide bonds. The number of pyridine rings is 1. The first kappa shape index (κ1) is 13.8. The Hall–Kier alpha value is -1.17. The number of aromatic nitrogens is 1. The van der Waals surface area contributed by atoms with Crippen LogP contribution in [0.1, 0.15) is 12.8 Å². The summed E-state index contributed by atoms with van der Waals surface area (Å²) in [4.78, 5) is 4.39. The van der Waals surface area contributed by atoms with Crippen LogP contribution in [-0.2, 0) is 4.74 Å². The summed E-state index contributed by atoms with van der Waals surface area (Å²) in [7, 11) is 0. The van der Waals surface area contributed by atoms with Gasteiger partial charge in [0.15, 0.2) is 0 Å². The van der Waals surface area contributed by atoms with Crippen LogP contribution < -0.4 is 5.32 Å². The number of benzene rings is 1. The number of hydrogen-bond donors (Lipinski definition) is 2. The van der Waals surface area contributed by atoms with E-state index < -0.39 is 5.60 Å². The zero-order valence-electron chi connectivity index (χ0n) is 11.1. The minimum absolute atomic E-state index is 0.495. The Bertz CT molecular complexity index is 612. The van der Waals surface area contributed by atoms with E-state index in [1.54, 1.807) is 6.20 Å². The highest BCUT2D eigenvalue weighted by Crippen LogP contribution is 2.28. The minimum Gasteiger partial charge on any atom is -0.388 e. The molecule has 1 fully saturated rings. The molecule has 1 aliphatic rings. The molecule has 0 unspecified atom stereocenters. The summed E-state index contributed by atoms with van der Waals surface area (Å²) in [6, 6.07) is 8.01. The maximum Gasteiger partial charge on any atom is 0.133 e. The van der Waals surface area contributed by atoms with Gasteiger partial charge in [0.05, 0.1) is 5.60 Å². The van der Waals surface area contributed by atoms with Crippen LogP contribution in [0.5, 0.6) is 0 Å². The van der Waals surface area contributed by atoms with Crippen molar-refractivity contribution in [3.8, 4) is 0 Å². The molecule has 1 aromatic carbocycles. The highest BCUT2D eigenvalue weighted by Gasteiger charge is 2.29. The van der Waals surface area contributed by atoms with Gasteiger partial charge in [-0.15, -0.1) is 0 Å². The van der Waals surface area contributed by atoms with E-state index in [-0.39, 0.29) is 0 Å². The average Bonchev–Trinajstić information content (AvgIpc) is 2.47. The summed E-state index contributed by atoms with van der Waals surface area (Å²) < 4.78 is 6.34. The fourth-order valence-electron chi connectivity index (χ4n) is 2.49. The van der Waals surface area contributed by atoms with E-state index >= 15 is 0 Å². The van der Waals surface area contributed by atoms with Gasteiger partial charge in [-0.2, -0.15) is 0 Å². The molecule has 0 atom stereocenters. The standard InChI is InChI=1S/C15H17BrN2O2/c16-13-3-1-2-12-11(13)4-7-17-14(12)18-10-15(19)5-8-20-9-6-15/h1-4,7,19H,5-6,8-10H2,(H,17,18). The number of ether oxygens (including phenoxy) is 1.